The Morgan fingerprint density at radius 3 is 2.89 bits per heavy atom. The highest BCUT2D eigenvalue weighted by Gasteiger charge is 2.17. The maximum Gasteiger partial charge on any atom is 0.120 e. The van der Waals surface area contributed by atoms with Gasteiger partial charge in [0.1, 0.15) is 5.75 Å². The molecule has 0 spiro atoms. The van der Waals surface area contributed by atoms with E-state index in [1.165, 1.54) is 23.2 Å². The molecule has 3 rings (SSSR count). The van der Waals surface area contributed by atoms with Gasteiger partial charge in [-0.2, -0.15) is 0 Å². The van der Waals surface area contributed by atoms with E-state index in [4.69, 9.17) is 0 Å². The molecule has 0 aromatic heterocycles. The van der Waals surface area contributed by atoms with E-state index in [-0.39, 0.29) is 0 Å². The van der Waals surface area contributed by atoms with Crippen LogP contribution in [0, 0.1) is 6.92 Å². The molecule has 1 aliphatic rings. The average Bonchev–Trinajstić information content (AvgIpc) is 2.43. The van der Waals surface area contributed by atoms with Gasteiger partial charge < -0.3 is 10.0 Å². The molecule has 2 heteroatoms. The molecule has 0 aliphatic carbocycles. The van der Waals surface area contributed by atoms with Gasteiger partial charge in [-0.15, -0.1) is 0 Å². The number of phenolic OH excluding ortho intramolecular Hbond substituents is 1. The molecule has 1 N–H and O–H groups in total. The van der Waals surface area contributed by atoms with Crippen LogP contribution >= 0.6 is 0 Å². The summed E-state index contributed by atoms with van der Waals surface area (Å²) in [4.78, 5) is 2.37. The van der Waals surface area contributed by atoms with Crippen molar-refractivity contribution < 1.29 is 5.11 Å². The molecular formula is C17H19NO. The van der Waals surface area contributed by atoms with E-state index in [1.807, 2.05) is 6.07 Å². The fourth-order valence-electron chi connectivity index (χ4n) is 2.82. The van der Waals surface area contributed by atoms with Gasteiger partial charge >= 0.3 is 0 Å². The number of hydrogen-bond acceptors (Lipinski definition) is 2. The van der Waals surface area contributed by atoms with Crippen LogP contribution < -0.4 is 4.90 Å². The van der Waals surface area contributed by atoms with E-state index >= 15 is 0 Å². The van der Waals surface area contributed by atoms with Crippen molar-refractivity contribution in [2.75, 3.05) is 11.4 Å². The monoisotopic (exact) mass is 253 g/mol. The number of aryl methyl sites for hydroxylation is 2. The minimum absolute atomic E-state index is 0.397. The lowest BCUT2D eigenvalue weighted by atomic mass is 10.0. The number of anilines is 1. The minimum atomic E-state index is 0.397. The first-order valence-electron chi connectivity index (χ1n) is 6.85. The molecule has 0 saturated heterocycles. The fraction of sp³-hybridized carbons (Fsp3) is 0.294. The maximum absolute atomic E-state index is 9.99. The Labute approximate surface area is 114 Å². The lowest BCUT2D eigenvalue weighted by Gasteiger charge is -2.31. The minimum Gasteiger partial charge on any atom is -0.508 e. The van der Waals surface area contributed by atoms with Crippen LogP contribution in [0.4, 0.5) is 5.69 Å². The van der Waals surface area contributed by atoms with Gasteiger partial charge in [-0.1, -0.05) is 35.9 Å². The zero-order valence-electron chi connectivity index (χ0n) is 11.3. The molecule has 98 valence electrons. The molecule has 19 heavy (non-hydrogen) atoms. The third-order valence-corrected chi connectivity index (χ3v) is 3.80. The lowest BCUT2D eigenvalue weighted by Crippen LogP contribution is -2.28. The molecule has 1 heterocycles. The SMILES string of the molecule is Cc1ccc(O)c(CN2CCCc3ccccc32)c1. The van der Waals surface area contributed by atoms with Gasteiger partial charge in [-0.3, -0.25) is 0 Å². The molecule has 0 atom stereocenters. The Hall–Kier alpha value is -1.96. The van der Waals surface area contributed by atoms with Gasteiger partial charge in [0.2, 0.25) is 0 Å². The highest BCUT2D eigenvalue weighted by molar-refractivity contribution is 5.56. The quantitative estimate of drug-likeness (QED) is 0.883. The van der Waals surface area contributed by atoms with Crippen molar-refractivity contribution in [1.82, 2.24) is 0 Å². The predicted octanol–water partition coefficient (Wildman–Crippen LogP) is 3.65. The summed E-state index contributed by atoms with van der Waals surface area (Å²) < 4.78 is 0. The fourth-order valence-corrected chi connectivity index (χ4v) is 2.82. The van der Waals surface area contributed by atoms with Crippen LogP contribution in [0.3, 0.4) is 0 Å². The highest BCUT2D eigenvalue weighted by atomic mass is 16.3. The normalized spacial score (nSPS) is 14.3. The van der Waals surface area contributed by atoms with Crippen LogP contribution in [0.15, 0.2) is 42.5 Å². The molecule has 2 nitrogen and oxygen atoms in total. The van der Waals surface area contributed by atoms with Crippen molar-refractivity contribution in [3.8, 4) is 5.75 Å². The van der Waals surface area contributed by atoms with E-state index < -0.39 is 0 Å². The topological polar surface area (TPSA) is 23.5 Å². The van der Waals surface area contributed by atoms with Crippen molar-refractivity contribution in [3.05, 3.63) is 59.2 Å². The highest BCUT2D eigenvalue weighted by Crippen LogP contribution is 2.30. The van der Waals surface area contributed by atoms with Gasteiger partial charge in [0, 0.05) is 24.3 Å². The van der Waals surface area contributed by atoms with Gasteiger partial charge in [0.05, 0.1) is 0 Å². The molecular weight excluding hydrogens is 234 g/mol. The summed E-state index contributed by atoms with van der Waals surface area (Å²) in [5, 5.41) is 9.99. The summed E-state index contributed by atoms with van der Waals surface area (Å²) >= 11 is 0. The summed E-state index contributed by atoms with van der Waals surface area (Å²) in [5.41, 5.74) is 4.94. The first-order valence-corrected chi connectivity index (χ1v) is 6.85. The molecule has 0 fully saturated rings. The van der Waals surface area contributed by atoms with E-state index in [0.717, 1.165) is 25.1 Å². The summed E-state index contributed by atoms with van der Waals surface area (Å²) in [6, 6.07) is 14.4. The standard InChI is InChI=1S/C17H19NO/c1-13-8-9-17(19)15(11-13)12-18-10-4-6-14-5-2-3-7-16(14)18/h2-3,5,7-9,11,19H,4,6,10,12H2,1H3. The van der Waals surface area contributed by atoms with E-state index in [9.17, 15) is 5.11 Å². The molecule has 0 radical (unpaired) electrons. The van der Waals surface area contributed by atoms with E-state index in [2.05, 4.69) is 42.2 Å². The van der Waals surface area contributed by atoms with Gasteiger partial charge in [0.25, 0.3) is 0 Å². The largest absolute Gasteiger partial charge is 0.508 e. The Morgan fingerprint density at radius 2 is 2.00 bits per heavy atom. The van der Waals surface area contributed by atoms with Crippen LogP contribution in [-0.4, -0.2) is 11.7 Å². The third kappa shape index (κ3) is 2.43. The first-order chi connectivity index (χ1) is 9.24. The maximum atomic E-state index is 9.99. The zero-order chi connectivity index (χ0) is 13.2. The first kappa shape index (κ1) is 12.1. The van der Waals surface area contributed by atoms with Crippen molar-refractivity contribution >= 4 is 5.69 Å². The Bertz CT molecular complexity index is 592. The summed E-state index contributed by atoms with van der Waals surface area (Å²) in [5.74, 6) is 0.397. The Balaban J connectivity index is 1.90. The second-order valence-electron chi connectivity index (χ2n) is 5.29. The molecule has 1 aliphatic heterocycles. The van der Waals surface area contributed by atoms with Crippen LogP contribution in [0.25, 0.3) is 0 Å². The predicted molar refractivity (Wildman–Crippen MR) is 78.7 cm³/mol. The smallest absolute Gasteiger partial charge is 0.120 e. The van der Waals surface area contributed by atoms with Crippen molar-refractivity contribution in [3.63, 3.8) is 0 Å². The van der Waals surface area contributed by atoms with Crippen LogP contribution in [0.5, 0.6) is 5.75 Å². The number of nitrogens with zero attached hydrogens (tertiary/aromatic N) is 1. The van der Waals surface area contributed by atoms with Crippen LogP contribution in [0.1, 0.15) is 23.1 Å². The van der Waals surface area contributed by atoms with Gasteiger partial charge in [-0.25, -0.2) is 0 Å². The zero-order valence-corrected chi connectivity index (χ0v) is 11.3. The number of benzene rings is 2. The molecule has 0 saturated carbocycles. The van der Waals surface area contributed by atoms with E-state index in [1.54, 1.807) is 6.07 Å². The number of para-hydroxylation sites is 1. The molecule has 0 amide bonds. The second kappa shape index (κ2) is 4.96. The average molecular weight is 253 g/mol. The summed E-state index contributed by atoms with van der Waals surface area (Å²) in [7, 11) is 0. The van der Waals surface area contributed by atoms with Gasteiger partial charge in [-0.05, 0) is 37.5 Å². The number of phenols is 1. The Kier molecular flexibility index (Phi) is 3.16. The number of fused-ring (bicyclic) bond motifs is 1. The second-order valence-corrected chi connectivity index (χ2v) is 5.29. The summed E-state index contributed by atoms with van der Waals surface area (Å²) in [6.07, 6.45) is 2.34. The van der Waals surface area contributed by atoms with Crippen LogP contribution in [0.2, 0.25) is 0 Å². The number of aromatic hydroxyl groups is 1. The molecule has 2 aromatic carbocycles. The lowest BCUT2D eigenvalue weighted by molar-refractivity contribution is 0.466. The molecule has 0 unspecified atom stereocenters. The molecule has 2 aromatic rings. The molecule has 0 bridgehead atoms. The van der Waals surface area contributed by atoms with Crippen molar-refractivity contribution in [2.45, 2.75) is 26.3 Å². The number of hydrogen-bond donors (Lipinski definition) is 1. The van der Waals surface area contributed by atoms with Crippen molar-refractivity contribution in [2.24, 2.45) is 0 Å². The van der Waals surface area contributed by atoms with E-state index in [0.29, 0.717) is 5.75 Å². The van der Waals surface area contributed by atoms with Crippen molar-refractivity contribution in [1.29, 1.82) is 0 Å². The van der Waals surface area contributed by atoms with Gasteiger partial charge in [0.15, 0.2) is 0 Å². The number of rotatable bonds is 2. The third-order valence-electron chi connectivity index (χ3n) is 3.80. The summed E-state index contributed by atoms with van der Waals surface area (Å²) in [6.45, 7) is 3.90. The van der Waals surface area contributed by atoms with Crippen LogP contribution in [-0.2, 0) is 13.0 Å². The Morgan fingerprint density at radius 1 is 1.16 bits per heavy atom.